The average Bonchev–Trinajstić information content (AvgIpc) is 2.31. The van der Waals surface area contributed by atoms with E-state index in [2.05, 4.69) is 0 Å². The number of carboxylic acids is 1. The number of carboxylic acid groups (broad SMARTS) is 1. The summed E-state index contributed by atoms with van der Waals surface area (Å²) in [5, 5.41) is 17.8. The van der Waals surface area contributed by atoms with Crippen molar-refractivity contribution < 1.29 is 19.4 Å². The Balaban J connectivity index is 2.66. The fourth-order valence-electron chi connectivity index (χ4n) is 1.45. The molecule has 2 N–H and O–H groups in total. The van der Waals surface area contributed by atoms with Crippen molar-refractivity contribution in [2.24, 2.45) is 0 Å². The van der Waals surface area contributed by atoms with E-state index in [1.807, 2.05) is 0 Å². The Bertz CT molecular complexity index is 199. The van der Waals surface area contributed by atoms with Gasteiger partial charge in [0.05, 0.1) is 0 Å². The van der Waals surface area contributed by atoms with Gasteiger partial charge in [0.25, 0.3) is 0 Å². The Labute approximate surface area is 69.6 Å². The number of halogens is 1. The largest absolute Gasteiger partial charge is 0.479 e. The summed E-state index contributed by atoms with van der Waals surface area (Å²) in [6, 6.07) is 0. The molecule has 0 aliphatic carbocycles. The molecule has 1 aliphatic heterocycles. The number of aliphatic hydroxyl groups is 1. The van der Waals surface area contributed by atoms with E-state index in [9.17, 15) is 14.3 Å². The molecule has 1 saturated heterocycles. The molecule has 0 bridgehead atoms. The SMILES string of the molecule is CN1CCC(O)(C(F)C(=O)O)C1. The Morgan fingerprint density at radius 2 is 2.33 bits per heavy atom. The Hall–Kier alpha value is -0.680. The van der Waals surface area contributed by atoms with Gasteiger partial charge in [-0.3, -0.25) is 0 Å². The van der Waals surface area contributed by atoms with E-state index in [1.165, 1.54) is 0 Å². The van der Waals surface area contributed by atoms with Crippen LogP contribution in [0.15, 0.2) is 0 Å². The summed E-state index contributed by atoms with van der Waals surface area (Å²) in [7, 11) is 1.71. The molecule has 1 fully saturated rings. The summed E-state index contributed by atoms with van der Waals surface area (Å²) >= 11 is 0. The van der Waals surface area contributed by atoms with Gasteiger partial charge in [-0.1, -0.05) is 0 Å². The minimum Gasteiger partial charge on any atom is -0.479 e. The zero-order chi connectivity index (χ0) is 9.35. The van der Waals surface area contributed by atoms with Gasteiger partial charge in [0.2, 0.25) is 6.17 Å². The number of hydrogen-bond donors (Lipinski definition) is 2. The monoisotopic (exact) mass is 177 g/mol. The van der Waals surface area contributed by atoms with Crippen LogP contribution < -0.4 is 0 Å². The highest BCUT2D eigenvalue weighted by Gasteiger charge is 2.46. The van der Waals surface area contributed by atoms with Gasteiger partial charge in [-0.15, -0.1) is 0 Å². The summed E-state index contributed by atoms with van der Waals surface area (Å²) in [5.41, 5.74) is -1.69. The van der Waals surface area contributed by atoms with Gasteiger partial charge in [-0.2, -0.15) is 0 Å². The van der Waals surface area contributed by atoms with Crippen LogP contribution in [0.4, 0.5) is 4.39 Å². The number of rotatable bonds is 2. The molecule has 0 radical (unpaired) electrons. The lowest BCUT2D eigenvalue weighted by atomic mass is 9.97. The standard InChI is InChI=1S/C7H12FNO3/c1-9-3-2-7(12,4-9)5(8)6(10)11/h5,12H,2-4H2,1H3,(H,10,11). The van der Waals surface area contributed by atoms with Crippen molar-refractivity contribution in [1.29, 1.82) is 0 Å². The molecule has 0 aromatic heterocycles. The zero-order valence-corrected chi connectivity index (χ0v) is 6.83. The number of likely N-dealkylation sites (N-methyl/N-ethyl adjacent to an activating group) is 1. The number of alkyl halides is 1. The molecule has 1 aliphatic rings. The topological polar surface area (TPSA) is 60.8 Å². The molecule has 0 saturated carbocycles. The minimum atomic E-state index is -2.18. The quantitative estimate of drug-likeness (QED) is 0.595. The van der Waals surface area contributed by atoms with Crippen LogP contribution in [-0.2, 0) is 4.79 Å². The molecule has 0 amide bonds. The predicted molar refractivity (Wildman–Crippen MR) is 39.6 cm³/mol. The minimum absolute atomic E-state index is 0.0838. The average molecular weight is 177 g/mol. The maximum absolute atomic E-state index is 12.9. The lowest BCUT2D eigenvalue weighted by Gasteiger charge is -2.23. The molecule has 1 heterocycles. The number of aliphatic carboxylic acids is 1. The van der Waals surface area contributed by atoms with Crippen molar-refractivity contribution in [3.8, 4) is 0 Å². The number of nitrogens with zero attached hydrogens (tertiary/aromatic N) is 1. The van der Waals surface area contributed by atoms with Gasteiger partial charge in [0.1, 0.15) is 5.60 Å². The molecule has 2 atom stereocenters. The van der Waals surface area contributed by atoms with Crippen molar-refractivity contribution in [3.05, 3.63) is 0 Å². The lowest BCUT2D eigenvalue weighted by Crippen LogP contribution is -2.46. The summed E-state index contributed by atoms with van der Waals surface area (Å²) in [4.78, 5) is 11.9. The van der Waals surface area contributed by atoms with Crippen LogP contribution in [0, 0.1) is 0 Å². The van der Waals surface area contributed by atoms with E-state index in [1.54, 1.807) is 11.9 Å². The van der Waals surface area contributed by atoms with Crippen LogP contribution in [0.2, 0.25) is 0 Å². The first-order chi connectivity index (χ1) is 5.46. The van der Waals surface area contributed by atoms with Gasteiger partial charge in [0.15, 0.2) is 0 Å². The van der Waals surface area contributed by atoms with Crippen LogP contribution in [0.3, 0.4) is 0 Å². The highest BCUT2D eigenvalue weighted by molar-refractivity contribution is 5.73. The molecular weight excluding hydrogens is 165 g/mol. The molecule has 2 unspecified atom stereocenters. The van der Waals surface area contributed by atoms with E-state index in [-0.39, 0.29) is 13.0 Å². The van der Waals surface area contributed by atoms with E-state index < -0.39 is 17.7 Å². The van der Waals surface area contributed by atoms with Crippen LogP contribution >= 0.6 is 0 Å². The highest BCUT2D eigenvalue weighted by atomic mass is 19.1. The number of hydrogen-bond acceptors (Lipinski definition) is 3. The molecule has 4 nitrogen and oxygen atoms in total. The number of carbonyl (C=O) groups is 1. The van der Waals surface area contributed by atoms with Crippen LogP contribution in [-0.4, -0.2) is 53.0 Å². The van der Waals surface area contributed by atoms with Crippen LogP contribution in [0.5, 0.6) is 0 Å². The van der Waals surface area contributed by atoms with Gasteiger partial charge < -0.3 is 15.1 Å². The van der Waals surface area contributed by atoms with E-state index in [4.69, 9.17) is 5.11 Å². The molecule has 0 spiro atoms. The summed E-state index contributed by atoms with van der Waals surface area (Å²) in [5.74, 6) is -1.59. The lowest BCUT2D eigenvalue weighted by molar-refractivity contribution is -0.153. The fraction of sp³-hybridized carbons (Fsp3) is 0.857. The van der Waals surface area contributed by atoms with Gasteiger partial charge in [-0.05, 0) is 13.5 Å². The third-order valence-electron chi connectivity index (χ3n) is 2.16. The second-order valence-electron chi connectivity index (χ2n) is 3.29. The van der Waals surface area contributed by atoms with Crippen molar-refractivity contribution in [2.75, 3.05) is 20.1 Å². The first kappa shape index (κ1) is 9.41. The summed E-state index contributed by atoms with van der Waals surface area (Å²) in [6.45, 7) is 0.616. The first-order valence-electron chi connectivity index (χ1n) is 3.73. The number of β-amino-alcohol motifs (C(OH)–C–C–N with tert-alkyl or cyclic N) is 1. The molecular formula is C7H12FNO3. The van der Waals surface area contributed by atoms with Gasteiger partial charge in [0, 0.05) is 13.1 Å². The molecule has 70 valence electrons. The van der Waals surface area contributed by atoms with E-state index >= 15 is 0 Å². The summed E-state index contributed by atoms with van der Waals surface area (Å²) < 4.78 is 12.9. The van der Waals surface area contributed by atoms with E-state index in [0.717, 1.165) is 0 Å². The molecule has 1 rings (SSSR count). The third kappa shape index (κ3) is 1.56. The smallest absolute Gasteiger partial charge is 0.341 e. The second-order valence-corrected chi connectivity index (χ2v) is 3.29. The maximum atomic E-state index is 12.9. The maximum Gasteiger partial charge on any atom is 0.341 e. The number of likely N-dealkylation sites (tertiary alicyclic amines) is 1. The van der Waals surface area contributed by atoms with Gasteiger partial charge >= 0.3 is 5.97 Å². The van der Waals surface area contributed by atoms with Crippen molar-refractivity contribution in [3.63, 3.8) is 0 Å². The second kappa shape index (κ2) is 2.99. The molecule has 5 heteroatoms. The molecule has 0 aromatic carbocycles. The van der Waals surface area contributed by atoms with Crippen molar-refractivity contribution in [1.82, 2.24) is 4.90 Å². The Morgan fingerprint density at radius 3 is 2.67 bits per heavy atom. The van der Waals surface area contributed by atoms with Crippen molar-refractivity contribution in [2.45, 2.75) is 18.2 Å². The predicted octanol–water partition coefficient (Wildman–Crippen LogP) is -0.524. The Morgan fingerprint density at radius 1 is 1.75 bits per heavy atom. The Kier molecular flexibility index (Phi) is 2.34. The zero-order valence-electron chi connectivity index (χ0n) is 6.83. The van der Waals surface area contributed by atoms with Gasteiger partial charge in [-0.25, -0.2) is 9.18 Å². The third-order valence-corrected chi connectivity index (χ3v) is 2.16. The van der Waals surface area contributed by atoms with Crippen LogP contribution in [0.1, 0.15) is 6.42 Å². The van der Waals surface area contributed by atoms with Crippen molar-refractivity contribution >= 4 is 5.97 Å². The van der Waals surface area contributed by atoms with Crippen LogP contribution in [0.25, 0.3) is 0 Å². The highest BCUT2D eigenvalue weighted by Crippen LogP contribution is 2.25. The normalized spacial score (nSPS) is 33.6. The fourth-order valence-corrected chi connectivity index (χ4v) is 1.45. The molecule has 12 heavy (non-hydrogen) atoms. The molecule has 0 aromatic rings. The van der Waals surface area contributed by atoms with E-state index in [0.29, 0.717) is 6.54 Å². The summed E-state index contributed by atoms with van der Waals surface area (Å²) in [6.07, 6.45) is -2.00. The first-order valence-corrected chi connectivity index (χ1v) is 3.73.